The van der Waals surface area contributed by atoms with Crippen LogP contribution in [0.4, 0.5) is 0 Å². The van der Waals surface area contributed by atoms with E-state index in [1.807, 2.05) is 6.92 Å². The van der Waals surface area contributed by atoms with Crippen LogP contribution in [0.25, 0.3) is 0 Å². The molecular weight excluding hydrogens is 230 g/mol. The van der Waals surface area contributed by atoms with Crippen molar-refractivity contribution >= 4 is 11.9 Å². The second kappa shape index (κ2) is 5.72. The molecule has 0 aromatic rings. The van der Waals surface area contributed by atoms with Gasteiger partial charge in [0.15, 0.2) is 0 Å². The molecule has 2 N–H and O–H groups in total. The molecule has 0 aliphatic heterocycles. The minimum atomic E-state index is -0.781. The molecule has 0 saturated heterocycles. The molecular formula is C14H23NO3. The third-order valence-electron chi connectivity index (χ3n) is 4.17. The average Bonchev–Trinajstić information content (AvgIpc) is 3.17. The number of carbonyl (C=O) groups is 2. The van der Waals surface area contributed by atoms with Gasteiger partial charge >= 0.3 is 5.97 Å². The summed E-state index contributed by atoms with van der Waals surface area (Å²) in [6.45, 7) is 2.48. The van der Waals surface area contributed by atoms with Crippen molar-refractivity contribution in [3.8, 4) is 0 Å². The van der Waals surface area contributed by atoms with Crippen LogP contribution in [0.15, 0.2) is 0 Å². The van der Waals surface area contributed by atoms with Crippen LogP contribution in [-0.4, -0.2) is 23.5 Å². The predicted molar refractivity (Wildman–Crippen MR) is 68.0 cm³/mol. The molecule has 0 heterocycles. The van der Waals surface area contributed by atoms with Crippen molar-refractivity contribution in [1.82, 2.24) is 5.32 Å². The van der Waals surface area contributed by atoms with Crippen LogP contribution in [-0.2, 0) is 9.59 Å². The Labute approximate surface area is 108 Å². The van der Waals surface area contributed by atoms with E-state index in [2.05, 4.69) is 5.32 Å². The molecule has 4 nitrogen and oxygen atoms in total. The summed E-state index contributed by atoms with van der Waals surface area (Å²) in [6.07, 6.45) is 5.72. The molecule has 2 fully saturated rings. The van der Waals surface area contributed by atoms with Crippen LogP contribution in [0, 0.1) is 23.7 Å². The number of aliphatic carboxylic acids is 1. The van der Waals surface area contributed by atoms with E-state index in [0.29, 0.717) is 18.4 Å². The Balaban J connectivity index is 1.77. The summed E-state index contributed by atoms with van der Waals surface area (Å²) in [4.78, 5) is 22.8. The Kier molecular flexibility index (Phi) is 4.25. The van der Waals surface area contributed by atoms with Gasteiger partial charge in [0.2, 0.25) is 5.91 Å². The zero-order valence-corrected chi connectivity index (χ0v) is 11.0. The van der Waals surface area contributed by atoms with Crippen molar-refractivity contribution < 1.29 is 14.7 Å². The van der Waals surface area contributed by atoms with Crippen molar-refractivity contribution in [2.45, 2.75) is 45.4 Å². The van der Waals surface area contributed by atoms with Crippen LogP contribution >= 0.6 is 0 Å². The van der Waals surface area contributed by atoms with E-state index in [0.717, 1.165) is 6.42 Å². The maximum atomic E-state index is 12.2. The van der Waals surface area contributed by atoms with Crippen molar-refractivity contribution in [3.63, 3.8) is 0 Å². The highest BCUT2D eigenvalue weighted by Crippen LogP contribution is 2.49. The van der Waals surface area contributed by atoms with Gasteiger partial charge in [-0.1, -0.05) is 13.3 Å². The first-order valence-corrected chi connectivity index (χ1v) is 7.11. The highest BCUT2D eigenvalue weighted by atomic mass is 16.4. The first-order valence-electron chi connectivity index (χ1n) is 7.11. The van der Waals surface area contributed by atoms with Crippen molar-refractivity contribution in [1.29, 1.82) is 0 Å². The van der Waals surface area contributed by atoms with Gasteiger partial charge in [0.25, 0.3) is 0 Å². The largest absolute Gasteiger partial charge is 0.481 e. The summed E-state index contributed by atoms with van der Waals surface area (Å²) in [5.74, 6) is 0.882. The number of amides is 1. The zero-order chi connectivity index (χ0) is 13.1. The smallest absolute Gasteiger partial charge is 0.303 e. The van der Waals surface area contributed by atoms with Crippen LogP contribution in [0.3, 0.4) is 0 Å². The van der Waals surface area contributed by atoms with Crippen molar-refractivity contribution in [3.05, 3.63) is 0 Å². The molecule has 4 heteroatoms. The van der Waals surface area contributed by atoms with E-state index in [1.165, 1.54) is 25.7 Å². The quantitative estimate of drug-likeness (QED) is 0.695. The number of hydrogen-bond donors (Lipinski definition) is 2. The lowest BCUT2D eigenvalue weighted by molar-refractivity contribution is -0.138. The second-order valence-electron chi connectivity index (χ2n) is 5.82. The normalized spacial score (nSPS) is 20.8. The third-order valence-corrected chi connectivity index (χ3v) is 4.17. The van der Waals surface area contributed by atoms with Gasteiger partial charge in [0.1, 0.15) is 0 Å². The molecule has 0 aromatic carbocycles. The Morgan fingerprint density at radius 1 is 1.22 bits per heavy atom. The Morgan fingerprint density at radius 2 is 1.78 bits per heavy atom. The van der Waals surface area contributed by atoms with Gasteiger partial charge in [-0.3, -0.25) is 9.59 Å². The lowest BCUT2D eigenvalue weighted by Gasteiger charge is -2.18. The molecule has 0 spiro atoms. The fraction of sp³-hybridized carbons (Fsp3) is 0.857. The van der Waals surface area contributed by atoms with Crippen LogP contribution in [0.5, 0.6) is 0 Å². The third kappa shape index (κ3) is 3.72. The summed E-state index contributed by atoms with van der Waals surface area (Å²) >= 11 is 0. The molecule has 102 valence electrons. The molecule has 0 bridgehead atoms. The lowest BCUT2D eigenvalue weighted by atomic mass is 9.96. The number of hydrogen-bond acceptors (Lipinski definition) is 2. The molecule has 2 saturated carbocycles. The molecule has 0 radical (unpaired) electrons. The predicted octanol–water partition coefficient (Wildman–Crippen LogP) is 2.04. The van der Waals surface area contributed by atoms with Gasteiger partial charge in [0.05, 0.1) is 0 Å². The fourth-order valence-corrected chi connectivity index (χ4v) is 2.69. The Hall–Kier alpha value is -1.06. The molecule has 2 rings (SSSR count). The number of carboxylic acid groups (broad SMARTS) is 1. The summed E-state index contributed by atoms with van der Waals surface area (Å²) < 4.78 is 0. The van der Waals surface area contributed by atoms with E-state index in [-0.39, 0.29) is 24.2 Å². The van der Waals surface area contributed by atoms with Gasteiger partial charge in [-0.2, -0.15) is 0 Å². The highest BCUT2D eigenvalue weighted by molar-refractivity contribution is 5.80. The standard InChI is InChI=1S/C14H23NO3/c1-2-9(7-12(16)17)8-15-14(18)13(10-3-4-10)11-5-6-11/h9-11,13H,2-8H2,1H3,(H,15,18)(H,16,17). The zero-order valence-electron chi connectivity index (χ0n) is 11.0. The molecule has 2 aliphatic rings. The fourth-order valence-electron chi connectivity index (χ4n) is 2.69. The number of rotatable bonds is 8. The van der Waals surface area contributed by atoms with Gasteiger partial charge in [-0.05, 0) is 43.4 Å². The van der Waals surface area contributed by atoms with Gasteiger partial charge in [0, 0.05) is 18.9 Å². The first kappa shape index (κ1) is 13.4. The summed E-state index contributed by atoms with van der Waals surface area (Å²) in [5, 5.41) is 11.8. The monoisotopic (exact) mass is 253 g/mol. The SMILES string of the molecule is CCC(CNC(=O)C(C1CC1)C1CC1)CC(=O)O. The molecule has 18 heavy (non-hydrogen) atoms. The van der Waals surface area contributed by atoms with Crippen LogP contribution in [0.2, 0.25) is 0 Å². The van der Waals surface area contributed by atoms with Crippen molar-refractivity contribution in [2.24, 2.45) is 23.7 Å². The van der Waals surface area contributed by atoms with Gasteiger partial charge in [-0.25, -0.2) is 0 Å². The summed E-state index contributed by atoms with van der Waals surface area (Å²) in [5.41, 5.74) is 0. The van der Waals surface area contributed by atoms with Gasteiger partial charge in [-0.15, -0.1) is 0 Å². The van der Waals surface area contributed by atoms with E-state index in [9.17, 15) is 9.59 Å². The molecule has 1 atom stereocenters. The van der Waals surface area contributed by atoms with Crippen LogP contribution in [0.1, 0.15) is 45.4 Å². The number of nitrogens with one attached hydrogen (secondary N) is 1. The second-order valence-corrected chi connectivity index (χ2v) is 5.82. The van der Waals surface area contributed by atoms with E-state index >= 15 is 0 Å². The number of carboxylic acids is 1. The molecule has 1 amide bonds. The van der Waals surface area contributed by atoms with Crippen LogP contribution < -0.4 is 5.32 Å². The maximum absolute atomic E-state index is 12.2. The van der Waals surface area contributed by atoms with E-state index < -0.39 is 5.97 Å². The molecule has 0 aromatic heterocycles. The Bertz CT molecular complexity index is 309. The minimum absolute atomic E-state index is 0.0607. The summed E-state index contributed by atoms with van der Waals surface area (Å²) in [6, 6.07) is 0. The van der Waals surface area contributed by atoms with E-state index in [4.69, 9.17) is 5.11 Å². The molecule has 1 unspecified atom stereocenters. The molecule has 2 aliphatic carbocycles. The lowest BCUT2D eigenvalue weighted by Crippen LogP contribution is -2.36. The Morgan fingerprint density at radius 3 is 2.17 bits per heavy atom. The van der Waals surface area contributed by atoms with E-state index in [1.54, 1.807) is 0 Å². The number of carbonyl (C=O) groups excluding carboxylic acids is 1. The average molecular weight is 253 g/mol. The van der Waals surface area contributed by atoms with Crippen molar-refractivity contribution in [2.75, 3.05) is 6.54 Å². The first-order chi connectivity index (χ1) is 8.61. The topological polar surface area (TPSA) is 66.4 Å². The minimum Gasteiger partial charge on any atom is -0.481 e. The van der Waals surface area contributed by atoms with Gasteiger partial charge < -0.3 is 10.4 Å². The highest BCUT2D eigenvalue weighted by Gasteiger charge is 2.45. The summed E-state index contributed by atoms with van der Waals surface area (Å²) in [7, 11) is 0. The maximum Gasteiger partial charge on any atom is 0.303 e.